The number of benzene rings is 1. The average Bonchev–Trinajstić information content (AvgIpc) is 2.27. The Hall–Kier alpha value is -1.30. The predicted molar refractivity (Wildman–Crippen MR) is 58.6 cm³/mol. The van der Waals surface area contributed by atoms with Gasteiger partial charge in [0.15, 0.2) is 0 Å². The molecule has 2 atom stereocenters. The van der Waals surface area contributed by atoms with Crippen LogP contribution in [0, 0.1) is 0 Å². The van der Waals surface area contributed by atoms with E-state index in [9.17, 15) is 9.90 Å². The van der Waals surface area contributed by atoms with Crippen LogP contribution in [0.15, 0.2) is 18.2 Å². The molecule has 0 aliphatic carbocycles. The van der Waals surface area contributed by atoms with E-state index >= 15 is 0 Å². The molecule has 1 aromatic carbocycles. The van der Waals surface area contributed by atoms with Gasteiger partial charge in [0.1, 0.15) is 17.9 Å². The van der Waals surface area contributed by atoms with Crippen molar-refractivity contribution in [3.63, 3.8) is 0 Å². The largest absolute Gasteiger partial charge is 0.495 e. The molecule has 0 radical (unpaired) electrons. The number of nitrogens with two attached hydrogens (primary N) is 1. The summed E-state index contributed by atoms with van der Waals surface area (Å²) in [5.41, 5.74) is 5.64. The van der Waals surface area contributed by atoms with Gasteiger partial charge in [-0.05, 0) is 17.7 Å². The maximum Gasteiger partial charge on any atom is 0.323 e. The van der Waals surface area contributed by atoms with Gasteiger partial charge in [-0.3, -0.25) is 4.79 Å². The minimum atomic E-state index is -1.38. The van der Waals surface area contributed by atoms with Crippen LogP contribution in [0.3, 0.4) is 0 Å². The van der Waals surface area contributed by atoms with E-state index in [4.69, 9.17) is 27.2 Å². The van der Waals surface area contributed by atoms with Crippen LogP contribution in [0.5, 0.6) is 5.75 Å². The zero-order valence-electron chi connectivity index (χ0n) is 8.55. The maximum atomic E-state index is 10.6. The van der Waals surface area contributed by atoms with Crippen molar-refractivity contribution in [2.75, 3.05) is 7.11 Å². The second kappa shape index (κ2) is 5.16. The van der Waals surface area contributed by atoms with Crippen LogP contribution in [-0.2, 0) is 4.79 Å². The molecule has 0 fully saturated rings. The van der Waals surface area contributed by atoms with Crippen molar-refractivity contribution in [2.24, 2.45) is 5.73 Å². The van der Waals surface area contributed by atoms with E-state index in [0.29, 0.717) is 16.3 Å². The number of hydrogen-bond acceptors (Lipinski definition) is 4. The molecule has 0 amide bonds. The maximum absolute atomic E-state index is 10.6. The molecule has 0 aliphatic heterocycles. The normalized spacial score (nSPS) is 14.2. The van der Waals surface area contributed by atoms with Crippen LogP contribution in [0.4, 0.5) is 0 Å². The number of halogens is 1. The lowest BCUT2D eigenvalue weighted by Gasteiger charge is -2.16. The van der Waals surface area contributed by atoms with Crippen LogP contribution in [0.25, 0.3) is 0 Å². The lowest BCUT2D eigenvalue weighted by Crippen LogP contribution is -2.36. The second-order valence-corrected chi connectivity index (χ2v) is 3.61. The van der Waals surface area contributed by atoms with E-state index in [1.54, 1.807) is 0 Å². The molecule has 0 heterocycles. The first kappa shape index (κ1) is 12.8. The van der Waals surface area contributed by atoms with E-state index in [2.05, 4.69) is 0 Å². The van der Waals surface area contributed by atoms with Gasteiger partial charge in [-0.1, -0.05) is 17.7 Å². The molecule has 0 aromatic heterocycles. The van der Waals surface area contributed by atoms with Gasteiger partial charge in [0.05, 0.1) is 12.1 Å². The number of aliphatic hydroxyl groups excluding tert-OH is 1. The molecule has 0 saturated carbocycles. The van der Waals surface area contributed by atoms with E-state index < -0.39 is 18.1 Å². The number of carbonyl (C=O) groups is 1. The highest BCUT2D eigenvalue weighted by atomic mass is 35.5. The lowest BCUT2D eigenvalue weighted by molar-refractivity contribution is -0.141. The number of methoxy groups -OCH3 is 1. The van der Waals surface area contributed by atoms with Crippen LogP contribution >= 0.6 is 11.6 Å². The first-order valence-corrected chi connectivity index (χ1v) is 4.85. The van der Waals surface area contributed by atoms with Crippen molar-refractivity contribution in [1.82, 2.24) is 0 Å². The first-order chi connectivity index (χ1) is 7.47. The molecule has 0 saturated heterocycles. The average molecular weight is 246 g/mol. The molecular weight excluding hydrogens is 234 g/mol. The molecule has 2 unspecified atom stereocenters. The molecule has 0 bridgehead atoms. The van der Waals surface area contributed by atoms with E-state index in [1.165, 1.54) is 25.3 Å². The van der Waals surface area contributed by atoms with E-state index in [1.807, 2.05) is 0 Å². The van der Waals surface area contributed by atoms with Crippen molar-refractivity contribution >= 4 is 17.6 Å². The zero-order chi connectivity index (χ0) is 12.3. The first-order valence-electron chi connectivity index (χ1n) is 4.47. The Bertz CT molecular complexity index is 396. The number of rotatable bonds is 4. The summed E-state index contributed by atoms with van der Waals surface area (Å²) >= 11 is 5.79. The molecule has 4 N–H and O–H groups in total. The molecular formula is C10H12ClNO4. The van der Waals surface area contributed by atoms with Crippen LogP contribution in [-0.4, -0.2) is 29.3 Å². The number of aliphatic hydroxyl groups is 1. The van der Waals surface area contributed by atoms with Crippen LogP contribution < -0.4 is 10.5 Å². The van der Waals surface area contributed by atoms with Crippen molar-refractivity contribution in [1.29, 1.82) is 0 Å². The summed E-state index contributed by atoms with van der Waals surface area (Å²) in [6, 6.07) is 3.08. The number of aliphatic carboxylic acids is 1. The summed E-state index contributed by atoms with van der Waals surface area (Å²) in [4.78, 5) is 10.6. The Kier molecular flexibility index (Phi) is 4.12. The number of carboxylic acids is 1. The summed E-state index contributed by atoms with van der Waals surface area (Å²) in [6.07, 6.45) is -1.30. The van der Waals surface area contributed by atoms with Gasteiger partial charge in [-0.15, -0.1) is 0 Å². The molecule has 5 nitrogen and oxygen atoms in total. The minimum absolute atomic E-state index is 0.344. The number of ether oxygens (including phenoxy) is 1. The Morgan fingerprint density at radius 1 is 1.56 bits per heavy atom. The molecule has 1 aromatic rings. The Labute approximate surface area is 97.4 Å². The summed E-state index contributed by atoms with van der Waals surface area (Å²) in [5.74, 6) is -0.919. The lowest BCUT2D eigenvalue weighted by atomic mass is 10.0. The fourth-order valence-electron chi connectivity index (χ4n) is 1.20. The SMILES string of the molecule is COc1cc(C(O)C(N)C(=O)O)ccc1Cl. The van der Waals surface area contributed by atoms with Crippen LogP contribution in [0.1, 0.15) is 11.7 Å². The standard InChI is InChI=1S/C10H12ClNO4/c1-16-7-4-5(2-3-6(7)11)9(13)8(12)10(14)15/h2-4,8-9,13H,12H2,1H3,(H,14,15). The molecule has 1 rings (SSSR count). The predicted octanol–water partition coefficient (Wildman–Crippen LogP) is 0.794. The van der Waals surface area contributed by atoms with Crippen molar-refractivity contribution < 1.29 is 19.7 Å². The highest BCUT2D eigenvalue weighted by Gasteiger charge is 2.24. The monoisotopic (exact) mass is 245 g/mol. The van der Waals surface area contributed by atoms with Gasteiger partial charge < -0.3 is 20.7 Å². The summed E-state index contributed by atoms with van der Waals surface area (Å²) in [5, 5.41) is 18.7. The van der Waals surface area contributed by atoms with Crippen LogP contribution in [0.2, 0.25) is 5.02 Å². The van der Waals surface area contributed by atoms with Crippen molar-refractivity contribution in [2.45, 2.75) is 12.1 Å². The molecule has 0 aliphatic rings. The molecule has 16 heavy (non-hydrogen) atoms. The van der Waals surface area contributed by atoms with E-state index in [0.717, 1.165) is 0 Å². The van der Waals surface area contributed by atoms with Crippen molar-refractivity contribution in [3.05, 3.63) is 28.8 Å². The van der Waals surface area contributed by atoms with E-state index in [-0.39, 0.29) is 0 Å². The molecule has 88 valence electrons. The highest BCUT2D eigenvalue weighted by Crippen LogP contribution is 2.28. The molecule has 0 spiro atoms. The fourth-order valence-corrected chi connectivity index (χ4v) is 1.40. The zero-order valence-corrected chi connectivity index (χ0v) is 9.31. The number of carboxylic acid groups (broad SMARTS) is 1. The summed E-state index contributed by atoms with van der Waals surface area (Å²) < 4.78 is 4.94. The van der Waals surface area contributed by atoms with Gasteiger partial charge in [0, 0.05) is 0 Å². The van der Waals surface area contributed by atoms with Gasteiger partial charge in [0.25, 0.3) is 0 Å². The smallest absolute Gasteiger partial charge is 0.323 e. The topological polar surface area (TPSA) is 92.8 Å². The van der Waals surface area contributed by atoms with Gasteiger partial charge >= 0.3 is 5.97 Å². The highest BCUT2D eigenvalue weighted by molar-refractivity contribution is 6.32. The van der Waals surface area contributed by atoms with Crippen molar-refractivity contribution in [3.8, 4) is 5.75 Å². The second-order valence-electron chi connectivity index (χ2n) is 3.20. The Morgan fingerprint density at radius 2 is 2.19 bits per heavy atom. The van der Waals surface area contributed by atoms with Gasteiger partial charge in [0.2, 0.25) is 0 Å². The third-order valence-corrected chi connectivity index (χ3v) is 2.45. The quantitative estimate of drug-likeness (QED) is 0.729. The Balaban J connectivity index is 3.00. The molecule has 6 heteroatoms. The van der Waals surface area contributed by atoms with Gasteiger partial charge in [-0.25, -0.2) is 0 Å². The fraction of sp³-hybridized carbons (Fsp3) is 0.300. The minimum Gasteiger partial charge on any atom is -0.495 e. The summed E-state index contributed by atoms with van der Waals surface area (Å²) in [7, 11) is 1.43. The Morgan fingerprint density at radius 3 is 2.69 bits per heavy atom. The number of hydrogen-bond donors (Lipinski definition) is 3. The third-order valence-electron chi connectivity index (χ3n) is 2.14. The van der Waals surface area contributed by atoms with Gasteiger partial charge in [-0.2, -0.15) is 0 Å². The summed E-state index contributed by atoms with van der Waals surface area (Å²) in [6.45, 7) is 0. The third kappa shape index (κ3) is 2.63.